The molecule has 0 saturated carbocycles. The fraction of sp³-hybridized carbons (Fsp3) is 0.440. The molecule has 0 bridgehead atoms. The molecule has 30 heavy (non-hydrogen) atoms. The number of aryl methyl sites for hydroxylation is 5. The molecule has 0 aliphatic carbocycles. The Bertz CT molecular complexity index is 1010. The van der Waals surface area contributed by atoms with E-state index in [2.05, 4.69) is 77.9 Å². The first kappa shape index (κ1) is 22.4. The SMILES string of the molecule is Cc1cc(C)c(CC(=O)N(CCCN(C)C)c2nc3c(C)ccc(C)c3s2)c(C)c1. The van der Waals surface area contributed by atoms with Gasteiger partial charge in [0.1, 0.15) is 0 Å². The smallest absolute Gasteiger partial charge is 0.233 e. The Morgan fingerprint density at radius 2 is 1.57 bits per heavy atom. The van der Waals surface area contributed by atoms with Crippen LogP contribution in [0.25, 0.3) is 10.2 Å². The Morgan fingerprint density at radius 1 is 0.933 bits per heavy atom. The minimum absolute atomic E-state index is 0.123. The van der Waals surface area contributed by atoms with Gasteiger partial charge in [-0.2, -0.15) is 0 Å². The van der Waals surface area contributed by atoms with Gasteiger partial charge in [-0.3, -0.25) is 9.69 Å². The lowest BCUT2D eigenvalue weighted by Gasteiger charge is -2.22. The van der Waals surface area contributed by atoms with E-state index < -0.39 is 0 Å². The number of thiazole rings is 1. The lowest BCUT2D eigenvalue weighted by Crippen LogP contribution is -2.34. The van der Waals surface area contributed by atoms with Crippen molar-refractivity contribution in [3.05, 3.63) is 57.6 Å². The second kappa shape index (κ2) is 9.27. The number of amides is 1. The molecule has 0 unspecified atom stereocenters. The molecule has 1 amide bonds. The van der Waals surface area contributed by atoms with Gasteiger partial charge in [0.25, 0.3) is 0 Å². The number of carbonyl (C=O) groups is 1. The van der Waals surface area contributed by atoms with Crippen LogP contribution in [-0.2, 0) is 11.2 Å². The van der Waals surface area contributed by atoms with Gasteiger partial charge in [-0.15, -0.1) is 0 Å². The van der Waals surface area contributed by atoms with Crippen LogP contribution < -0.4 is 4.90 Å². The molecule has 0 atom stereocenters. The molecule has 160 valence electrons. The average Bonchev–Trinajstić information content (AvgIpc) is 3.11. The zero-order chi connectivity index (χ0) is 22.0. The number of fused-ring (bicyclic) bond motifs is 1. The van der Waals surface area contributed by atoms with Crippen molar-refractivity contribution in [1.82, 2.24) is 9.88 Å². The van der Waals surface area contributed by atoms with E-state index in [9.17, 15) is 4.79 Å². The van der Waals surface area contributed by atoms with E-state index in [4.69, 9.17) is 4.98 Å². The van der Waals surface area contributed by atoms with E-state index in [1.807, 2.05) is 4.90 Å². The quantitative estimate of drug-likeness (QED) is 0.513. The number of carbonyl (C=O) groups excluding carboxylic acids is 1. The number of anilines is 1. The molecule has 5 heteroatoms. The highest BCUT2D eigenvalue weighted by molar-refractivity contribution is 7.22. The van der Waals surface area contributed by atoms with Crippen LogP contribution in [0.1, 0.15) is 39.8 Å². The van der Waals surface area contributed by atoms with Crippen molar-refractivity contribution in [2.45, 2.75) is 47.5 Å². The lowest BCUT2D eigenvalue weighted by atomic mass is 9.97. The average molecular weight is 424 g/mol. The summed E-state index contributed by atoms with van der Waals surface area (Å²) in [6.45, 7) is 12.1. The highest BCUT2D eigenvalue weighted by atomic mass is 32.1. The van der Waals surface area contributed by atoms with Crippen LogP contribution in [0.5, 0.6) is 0 Å². The van der Waals surface area contributed by atoms with Crippen molar-refractivity contribution in [2.24, 2.45) is 0 Å². The molecule has 1 heterocycles. The van der Waals surface area contributed by atoms with Gasteiger partial charge >= 0.3 is 0 Å². The van der Waals surface area contributed by atoms with E-state index in [1.54, 1.807) is 11.3 Å². The van der Waals surface area contributed by atoms with E-state index in [-0.39, 0.29) is 5.91 Å². The van der Waals surface area contributed by atoms with Crippen LogP contribution >= 0.6 is 11.3 Å². The molecule has 0 aliphatic heterocycles. The molecular formula is C25H33N3OS. The van der Waals surface area contributed by atoms with Crippen molar-refractivity contribution >= 4 is 32.6 Å². The molecule has 0 spiro atoms. The molecule has 0 fully saturated rings. The highest BCUT2D eigenvalue weighted by Gasteiger charge is 2.22. The number of nitrogens with zero attached hydrogens (tertiary/aromatic N) is 3. The monoisotopic (exact) mass is 423 g/mol. The highest BCUT2D eigenvalue weighted by Crippen LogP contribution is 2.33. The second-order valence-electron chi connectivity index (χ2n) is 8.63. The van der Waals surface area contributed by atoms with Crippen LogP contribution in [0.15, 0.2) is 24.3 Å². The molecule has 4 nitrogen and oxygen atoms in total. The number of hydrogen-bond donors (Lipinski definition) is 0. The summed E-state index contributed by atoms with van der Waals surface area (Å²) in [6.07, 6.45) is 1.33. The van der Waals surface area contributed by atoms with E-state index in [1.165, 1.54) is 27.0 Å². The third-order valence-corrected chi connectivity index (χ3v) is 6.83. The Labute approximate surface area is 184 Å². The Balaban J connectivity index is 1.95. The first-order valence-corrected chi connectivity index (χ1v) is 11.4. The van der Waals surface area contributed by atoms with Gasteiger partial charge in [0.05, 0.1) is 16.6 Å². The van der Waals surface area contributed by atoms with Crippen LogP contribution in [0, 0.1) is 34.6 Å². The summed E-state index contributed by atoms with van der Waals surface area (Å²) in [5.41, 5.74) is 8.13. The summed E-state index contributed by atoms with van der Waals surface area (Å²) >= 11 is 1.64. The van der Waals surface area contributed by atoms with Gasteiger partial charge in [-0.25, -0.2) is 4.98 Å². The number of benzene rings is 2. The summed E-state index contributed by atoms with van der Waals surface area (Å²) < 4.78 is 1.18. The topological polar surface area (TPSA) is 36.4 Å². The fourth-order valence-electron chi connectivity index (χ4n) is 3.97. The summed E-state index contributed by atoms with van der Waals surface area (Å²) in [6, 6.07) is 8.57. The normalized spacial score (nSPS) is 11.5. The predicted molar refractivity (Wildman–Crippen MR) is 129 cm³/mol. The minimum atomic E-state index is 0.123. The molecule has 0 N–H and O–H groups in total. The summed E-state index contributed by atoms with van der Waals surface area (Å²) in [5, 5.41) is 0.813. The minimum Gasteiger partial charge on any atom is -0.309 e. The van der Waals surface area contributed by atoms with Crippen molar-refractivity contribution in [3.63, 3.8) is 0 Å². The summed E-state index contributed by atoms with van der Waals surface area (Å²) in [5.74, 6) is 0.123. The van der Waals surface area contributed by atoms with Crippen molar-refractivity contribution in [2.75, 3.05) is 32.1 Å². The standard InChI is InChI=1S/C25H33N3OS/c1-16-13-19(4)21(20(5)14-16)15-22(29)28(12-8-11-27(6)7)25-26-23-17(2)9-10-18(3)24(23)30-25/h9-10,13-14H,8,11-12,15H2,1-7H3. The van der Waals surface area contributed by atoms with E-state index in [0.29, 0.717) is 13.0 Å². The van der Waals surface area contributed by atoms with Crippen LogP contribution in [0.3, 0.4) is 0 Å². The third-order valence-electron chi connectivity index (χ3n) is 5.62. The largest absolute Gasteiger partial charge is 0.309 e. The van der Waals surface area contributed by atoms with Crippen LogP contribution in [0.4, 0.5) is 5.13 Å². The van der Waals surface area contributed by atoms with Crippen molar-refractivity contribution < 1.29 is 4.79 Å². The van der Waals surface area contributed by atoms with Crippen molar-refractivity contribution in [1.29, 1.82) is 0 Å². The maximum absolute atomic E-state index is 13.5. The van der Waals surface area contributed by atoms with E-state index >= 15 is 0 Å². The van der Waals surface area contributed by atoms with Gasteiger partial charge < -0.3 is 4.90 Å². The number of rotatable bonds is 7. The van der Waals surface area contributed by atoms with Crippen LogP contribution in [0.2, 0.25) is 0 Å². The fourth-order valence-corrected chi connectivity index (χ4v) is 5.13. The Hall–Kier alpha value is -2.24. The zero-order valence-corrected chi connectivity index (χ0v) is 20.1. The lowest BCUT2D eigenvalue weighted by molar-refractivity contribution is -0.118. The third kappa shape index (κ3) is 4.90. The maximum Gasteiger partial charge on any atom is 0.233 e. The first-order chi connectivity index (χ1) is 14.2. The predicted octanol–water partition coefficient (Wildman–Crippen LogP) is 5.37. The van der Waals surface area contributed by atoms with Gasteiger partial charge in [-0.1, -0.05) is 41.2 Å². The molecule has 3 aromatic rings. The molecule has 0 radical (unpaired) electrons. The molecule has 2 aromatic carbocycles. The molecular weight excluding hydrogens is 390 g/mol. The second-order valence-corrected chi connectivity index (χ2v) is 9.61. The summed E-state index contributed by atoms with van der Waals surface area (Å²) in [7, 11) is 4.13. The number of aromatic nitrogens is 1. The van der Waals surface area contributed by atoms with Gasteiger partial charge in [0.2, 0.25) is 5.91 Å². The molecule has 0 aliphatic rings. The number of hydrogen-bond acceptors (Lipinski definition) is 4. The molecule has 1 aromatic heterocycles. The van der Waals surface area contributed by atoms with Crippen molar-refractivity contribution in [3.8, 4) is 0 Å². The van der Waals surface area contributed by atoms with Gasteiger partial charge in [-0.05, 0) is 89.5 Å². The van der Waals surface area contributed by atoms with E-state index in [0.717, 1.165) is 34.7 Å². The maximum atomic E-state index is 13.5. The summed E-state index contributed by atoms with van der Waals surface area (Å²) in [4.78, 5) is 22.5. The Morgan fingerprint density at radius 3 is 2.17 bits per heavy atom. The van der Waals surface area contributed by atoms with Crippen LogP contribution in [-0.4, -0.2) is 43.0 Å². The first-order valence-electron chi connectivity index (χ1n) is 10.6. The van der Waals surface area contributed by atoms with Gasteiger partial charge in [0.15, 0.2) is 5.13 Å². The zero-order valence-electron chi connectivity index (χ0n) is 19.3. The van der Waals surface area contributed by atoms with Gasteiger partial charge in [0, 0.05) is 6.54 Å². The Kier molecular flexibility index (Phi) is 6.94. The molecule has 0 saturated heterocycles. The molecule has 3 rings (SSSR count).